The van der Waals surface area contributed by atoms with E-state index < -0.39 is 5.54 Å². The summed E-state index contributed by atoms with van der Waals surface area (Å²) in [6.07, 6.45) is 2.10. The molecular formula is C12H21N3OS. The van der Waals surface area contributed by atoms with Crippen LogP contribution < -0.4 is 5.73 Å². The number of rotatable bonds is 7. The lowest BCUT2D eigenvalue weighted by atomic mass is 10.00. The van der Waals surface area contributed by atoms with Crippen molar-refractivity contribution in [2.75, 3.05) is 24.6 Å². The number of amides is 1. The molecule has 1 aliphatic rings. The van der Waals surface area contributed by atoms with Crippen LogP contribution in [-0.4, -0.2) is 40.9 Å². The minimum absolute atomic E-state index is 0.135. The Hall–Kier alpha value is -0.730. The Morgan fingerprint density at radius 1 is 1.53 bits per heavy atom. The molecule has 1 aliphatic carbocycles. The number of hydrogen-bond acceptors (Lipinski definition) is 4. The molecule has 2 N–H and O–H groups in total. The summed E-state index contributed by atoms with van der Waals surface area (Å²) in [4.78, 5) is 13.5. The van der Waals surface area contributed by atoms with E-state index in [-0.39, 0.29) is 5.91 Å². The number of carbonyl (C=O) groups excluding carboxylic acids is 1. The third kappa shape index (κ3) is 3.90. The summed E-state index contributed by atoms with van der Waals surface area (Å²) in [5.41, 5.74) is 5.30. The van der Waals surface area contributed by atoms with Gasteiger partial charge < -0.3 is 10.6 Å². The van der Waals surface area contributed by atoms with Crippen molar-refractivity contribution in [2.24, 2.45) is 11.7 Å². The summed E-state index contributed by atoms with van der Waals surface area (Å²) < 4.78 is 0. The molecule has 96 valence electrons. The summed E-state index contributed by atoms with van der Waals surface area (Å²) in [5.74, 6) is 1.45. The van der Waals surface area contributed by atoms with Gasteiger partial charge in [-0.25, -0.2) is 0 Å². The van der Waals surface area contributed by atoms with Gasteiger partial charge in [-0.1, -0.05) is 0 Å². The number of nitrogens with two attached hydrogens (primary N) is 1. The maximum Gasteiger partial charge on any atom is 0.232 e. The molecule has 0 spiro atoms. The minimum atomic E-state index is -0.728. The molecule has 5 heteroatoms. The summed E-state index contributed by atoms with van der Waals surface area (Å²) >= 11 is 1.48. The molecule has 1 atom stereocenters. The van der Waals surface area contributed by atoms with Crippen LogP contribution in [0.1, 0.15) is 26.7 Å². The zero-order valence-corrected chi connectivity index (χ0v) is 11.4. The Morgan fingerprint density at radius 2 is 2.12 bits per heavy atom. The lowest BCUT2D eigenvalue weighted by Crippen LogP contribution is -2.44. The monoisotopic (exact) mass is 255 g/mol. The number of hydrogen-bond donors (Lipinski definition) is 1. The number of thioether (sulfide) groups is 1. The normalized spacial score (nSPS) is 18.2. The van der Waals surface area contributed by atoms with Gasteiger partial charge >= 0.3 is 0 Å². The molecule has 0 radical (unpaired) electrons. The van der Waals surface area contributed by atoms with E-state index in [1.807, 2.05) is 13.8 Å². The third-order valence-corrected chi connectivity index (χ3v) is 4.33. The van der Waals surface area contributed by atoms with Gasteiger partial charge in [0.1, 0.15) is 5.54 Å². The van der Waals surface area contributed by atoms with Crippen molar-refractivity contribution in [3.05, 3.63) is 0 Å². The molecule has 1 fully saturated rings. The van der Waals surface area contributed by atoms with Gasteiger partial charge in [-0.05, 0) is 32.6 Å². The van der Waals surface area contributed by atoms with E-state index in [4.69, 9.17) is 11.0 Å². The Labute approximate surface area is 108 Å². The van der Waals surface area contributed by atoms with Crippen molar-refractivity contribution in [2.45, 2.75) is 32.2 Å². The van der Waals surface area contributed by atoms with Crippen LogP contribution in [0.3, 0.4) is 0 Å². The van der Waals surface area contributed by atoms with Gasteiger partial charge in [-0.3, -0.25) is 4.79 Å². The van der Waals surface area contributed by atoms with Crippen molar-refractivity contribution in [1.29, 1.82) is 5.26 Å². The van der Waals surface area contributed by atoms with Gasteiger partial charge in [-0.2, -0.15) is 5.26 Å². The van der Waals surface area contributed by atoms with Gasteiger partial charge in [-0.15, -0.1) is 11.8 Å². The highest BCUT2D eigenvalue weighted by Crippen LogP contribution is 2.39. The second kappa shape index (κ2) is 6.27. The van der Waals surface area contributed by atoms with Crippen LogP contribution in [-0.2, 0) is 4.79 Å². The van der Waals surface area contributed by atoms with Crippen molar-refractivity contribution in [3.63, 3.8) is 0 Å². The maximum absolute atomic E-state index is 11.7. The number of nitriles is 1. The molecule has 1 unspecified atom stereocenters. The van der Waals surface area contributed by atoms with Crippen LogP contribution >= 0.6 is 11.8 Å². The summed E-state index contributed by atoms with van der Waals surface area (Å²) in [7, 11) is 0. The Kier molecular flexibility index (Phi) is 5.29. The molecule has 1 amide bonds. The third-order valence-electron chi connectivity index (χ3n) is 3.20. The second-order valence-electron chi connectivity index (χ2n) is 4.49. The Morgan fingerprint density at radius 3 is 2.53 bits per heavy atom. The molecule has 0 saturated heterocycles. The molecule has 0 aromatic heterocycles. The van der Waals surface area contributed by atoms with Gasteiger partial charge in [0.2, 0.25) is 5.91 Å². The highest BCUT2D eigenvalue weighted by Gasteiger charge is 2.42. The van der Waals surface area contributed by atoms with Gasteiger partial charge in [0.05, 0.1) is 11.8 Å². The van der Waals surface area contributed by atoms with E-state index in [9.17, 15) is 4.79 Å². The molecule has 0 aromatic carbocycles. The molecule has 0 aliphatic heterocycles. The van der Waals surface area contributed by atoms with Gasteiger partial charge in [0.15, 0.2) is 0 Å². The number of nitrogens with zero attached hydrogens (tertiary/aromatic N) is 2. The van der Waals surface area contributed by atoms with Crippen molar-refractivity contribution < 1.29 is 4.79 Å². The van der Waals surface area contributed by atoms with E-state index >= 15 is 0 Å². The SMILES string of the molecule is CCN(CC)C(=O)CSCC(N)(C#N)C1CC1. The Bertz CT molecular complexity index is 307. The molecule has 1 saturated carbocycles. The van der Waals surface area contributed by atoms with E-state index in [0.29, 0.717) is 17.4 Å². The zero-order valence-electron chi connectivity index (χ0n) is 10.6. The minimum Gasteiger partial charge on any atom is -0.343 e. The van der Waals surface area contributed by atoms with Crippen molar-refractivity contribution in [3.8, 4) is 6.07 Å². The van der Waals surface area contributed by atoms with E-state index in [1.165, 1.54) is 11.8 Å². The molecule has 1 rings (SSSR count). The zero-order chi connectivity index (χ0) is 12.9. The number of carbonyl (C=O) groups is 1. The van der Waals surface area contributed by atoms with E-state index in [2.05, 4.69) is 6.07 Å². The lowest BCUT2D eigenvalue weighted by molar-refractivity contribution is -0.127. The first-order valence-electron chi connectivity index (χ1n) is 6.13. The van der Waals surface area contributed by atoms with Gasteiger partial charge in [0, 0.05) is 18.8 Å². The first-order valence-corrected chi connectivity index (χ1v) is 7.28. The van der Waals surface area contributed by atoms with Crippen molar-refractivity contribution in [1.82, 2.24) is 4.90 Å². The van der Waals surface area contributed by atoms with E-state index in [0.717, 1.165) is 25.9 Å². The summed E-state index contributed by atoms with van der Waals surface area (Å²) in [5, 5.41) is 9.08. The maximum atomic E-state index is 11.7. The van der Waals surface area contributed by atoms with Gasteiger partial charge in [0.25, 0.3) is 0 Å². The van der Waals surface area contributed by atoms with E-state index in [1.54, 1.807) is 4.90 Å². The lowest BCUT2D eigenvalue weighted by Gasteiger charge is -2.22. The highest BCUT2D eigenvalue weighted by molar-refractivity contribution is 8.00. The first kappa shape index (κ1) is 14.3. The highest BCUT2D eigenvalue weighted by atomic mass is 32.2. The van der Waals surface area contributed by atoms with Crippen LogP contribution in [0, 0.1) is 17.2 Å². The smallest absolute Gasteiger partial charge is 0.232 e. The summed E-state index contributed by atoms with van der Waals surface area (Å²) in [6.45, 7) is 5.42. The molecular weight excluding hydrogens is 234 g/mol. The molecule has 0 heterocycles. The fourth-order valence-corrected chi connectivity index (χ4v) is 2.91. The average molecular weight is 255 g/mol. The predicted molar refractivity (Wildman–Crippen MR) is 70.5 cm³/mol. The molecule has 0 aromatic rings. The molecule has 4 nitrogen and oxygen atoms in total. The predicted octanol–water partition coefficient (Wildman–Crippen LogP) is 1.22. The molecule has 0 bridgehead atoms. The van der Waals surface area contributed by atoms with Crippen molar-refractivity contribution >= 4 is 17.7 Å². The van der Waals surface area contributed by atoms with Crippen LogP contribution in [0.2, 0.25) is 0 Å². The fourth-order valence-electron chi connectivity index (χ4n) is 1.81. The largest absolute Gasteiger partial charge is 0.343 e. The first-order chi connectivity index (χ1) is 8.07. The quantitative estimate of drug-likeness (QED) is 0.742. The fraction of sp³-hybridized carbons (Fsp3) is 0.833. The summed E-state index contributed by atoms with van der Waals surface area (Å²) in [6, 6.07) is 2.20. The topological polar surface area (TPSA) is 70.1 Å². The van der Waals surface area contributed by atoms with Crippen LogP contribution in [0.4, 0.5) is 0 Å². The second-order valence-corrected chi connectivity index (χ2v) is 5.47. The molecule has 17 heavy (non-hydrogen) atoms. The van der Waals surface area contributed by atoms with Crippen LogP contribution in [0.25, 0.3) is 0 Å². The average Bonchev–Trinajstić information content (AvgIpc) is 3.14. The standard InChI is InChI=1S/C12H21N3OS/c1-3-15(4-2)11(16)7-17-9-12(14,8-13)10-5-6-10/h10H,3-7,9,14H2,1-2H3. The Balaban J connectivity index is 2.32. The van der Waals surface area contributed by atoms with Crippen LogP contribution in [0.5, 0.6) is 0 Å². The van der Waals surface area contributed by atoms with Crippen LogP contribution in [0.15, 0.2) is 0 Å².